The molecule has 0 bridgehead atoms. The Morgan fingerprint density at radius 3 is 1.73 bits per heavy atom. The summed E-state index contributed by atoms with van der Waals surface area (Å²) < 4.78 is 10.4. The summed E-state index contributed by atoms with van der Waals surface area (Å²) in [5.74, 6) is 0.850. The molecule has 0 unspecified atom stereocenters. The fourth-order valence-electron chi connectivity index (χ4n) is 2.69. The number of thiol groups is 1. The van der Waals surface area contributed by atoms with Crippen molar-refractivity contribution < 1.29 is 14.3 Å². The van der Waals surface area contributed by atoms with Gasteiger partial charge in [0.25, 0.3) is 0 Å². The number of carbonyl (C=O) groups is 1. The van der Waals surface area contributed by atoms with Crippen molar-refractivity contribution in [3.63, 3.8) is 0 Å². The van der Waals surface area contributed by atoms with Crippen LogP contribution in [0, 0.1) is 0 Å². The predicted molar refractivity (Wildman–Crippen MR) is 105 cm³/mol. The first kappa shape index (κ1) is 18.1. The van der Waals surface area contributed by atoms with Crippen LogP contribution in [0.1, 0.15) is 25.0 Å². The molecule has 0 aliphatic heterocycles. The van der Waals surface area contributed by atoms with Crippen LogP contribution >= 0.6 is 12.6 Å². The molecule has 0 spiro atoms. The van der Waals surface area contributed by atoms with Crippen LogP contribution in [0.3, 0.4) is 0 Å². The number of ether oxygens (including phenoxy) is 2. The Kier molecular flexibility index (Phi) is 5.33. The van der Waals surface area contributed by atoms with Gasteiger partial charge in [0.15, 0.2) is 0 Å². The maximum absolute atomic E-state index is 11.9. The number of rotatable bonds is 4. The molecule has 0 amide bonds. The predicted octanol–water partition coefficient (Wildman–Crippen LogP) is 5.88. The molecule has 0 heterocycles. The van der Waals surface area contributed by atoms with Crippen molar-refractivity contribution >= 4 is 18.8 Å². The Morgan fingerprint density at radius 1 is 0.731 bits per heavy atom. The van der Waals surface area contributed by atoms with Crippen LogP contribution in [0.5, 0.6) is 11.5 Å². The molecule has 0 atom stereocenters. The Morgan fingerprint density at radius 2 is 1.19 bits per heavy atom. The summed E-state index contributed by atoms with van der Waals surface area (Å²) in [5, 5.41) is 0. The second-order valence-electron chi connectivity index (χ2n) is 6.46. The molecule has 0 saturated heterocycles. The highest BCUT2D eigenvalue weighted by molar-refractivity contribution is 7.80. The lowest BCUT2D eigenvalue weighted by molar-refractivity contribution is 0.152. The summed E-state index contributed by atoms with van der Waals surface area (Å²) in [4.78, 5) is 12.7. The van der Waals surface area contributed by atoms with Gasteiger partial charge in [0.05, 0.1) is 0 Å². The minimum Gasteiger partial charge on any atom is -0.395 e. The van der Waals surface area contributed by atoms with E-state index in [0.29, 0.717) is 11.5 Å². The van der Waals surface area contributed by atoms with Crippen molar-refractivity contribution in [1.82, 2.24) is 0 Å². The van der Waals surface area contributed by atoms with Crippen molar-refractivity contribution in [2.24, 2.45) is 0 Å². The molecule has 3 rings (SSSR count). The fourth-order valence-corrected chi connectivity index (χ4v) is 2.84. The van der Waals surface area contributed by atoms with Gasteiger partial charge in [0.1, 0.15) is 11.5 Å². The van der Waals surface area contributed by atoms with Crippen LogP contribution < -0.4 is 9.47 Å². The number of hydrogen-bond donors (Lipinski definition) is 1. The van der Waals surface area contributed by atoms with E-state index >= 15 is 0 Å². The lowest BCUT2D eigenvalue weighted by Gasteiger charge is -2.26. The van der Waals surface area contributed by atoms with Gasteiger partial charge in [-0.05, 0) is 47.5 Å². The highest BCUT2D eigenvalue weighted by Crippen LogP contribution is 2.32. The molecule has 26 heavy (non-hydrogen) atoms. The first-order chi connectivity index (χ1) is 12.4. The standard InChI is InChI=1S/C22H20O3S/c1-22(2,16-6-4-3-5-7-16)17-8-10-18(11-9-17)24-21(23)25-19-12-14-20(26)15-13-19/h3-15,26H,1-2H3. The summed E-state index contributed by atoms with van der Waals surface area (Å²) in [6.45, 7) is 4.33. The van der Waals surface area contributed by atoms with Crippen LogP contribution in [0.25, 0.3) is 0 Å². The van der Waals surface area contributed by atoms with E-state index in [-0.39, 0.29) is 5.41 Å². The second-order valence-corrected chi connectivity index (χ2v) is 6.98. The van der Waals surface area contributed by atoms with Gasteiger partial charge in [-0.3, -0.25) is 0 Å². The minimum absolute atomic E-state index is 0.144. The molecule has 0 fully saturated rings. The lowest BCUT2D eigenvalue weighted by atomic mass is 9.78. The van der Waals surface area contributed by atoms with Crippen LogP contribution in [0.2, 0.25) is 0 Å². The molecular weight excluding hydrogens is 344 g/mol. The van der Waals surface area contributed by atoms with Gasteiger partial charge in [-0.25, -0.2) is 4.79 Å². The van der Waals surface area contributed by atoms with Crippen LogP contribution in [0.4, 0.5) is 4.79 Å². The summed E-state index contributed by atoms with van der Waals surface area (Å²) >= 11 is 4.19. The molecule has 0 N–H and O–H groups in total. The molecule has 0 aromatic heterocycles. The van der Waals surface area contributed by atoms with Gasteiger partial charge < -0.3 is 9.47 Å². The fraction of sp³-hybridized carbons (Fsp3) is 0.136. The van der Waals surface area contributed by atoms with E-state index in [1.165, 1.54) is 5.56 Å². The van der Waals surface area contributed by atoms with Gasteiger partial charge in [-0.1, -0.05) is 56.3 Å². The van der Waals surface area contributed by atoms with E-state index in [9.17, 15) is 4.79 Å². The van der Waals surface area contributed by atoms with Crippen molar-refractivity contribution in [3.8, 4) is 11.5 Å². The molecule has 3 aromatic rings. The topological polar surface area (TPSA) is 35.5 Å². The molecule has 0 saturated carbocycles. The van der Waals surface area contributed by atoms with Gasteiger partial charge >= 0.3 is 6.16 Å². The van der Waals surface area contributed by atoms with Crippen molar-refractivity contribution in [2.75, 3.05) is 0 Å². The molecule has 0 aliphatic rings. The SMILES string of the molecule is CC(C)(c1ccccc1)c1ccc(OC(=O)Oc2ccc(S)cc2)cc1. The summed E-state index contributed by atoms with van der Waals surface area (Å²) in [5.41, 5.74) is 2.21. The number of benzene rings is 3. The van der Waals surface area contributed by atoms with E-state index in [2.05, 4.69) is 38.6 Å². The smallest absolute Gasteiger partial charge is 0.395 e. The van der Waals surface area contributed by atoms with E-state index < -0.39 is 6.16 Å². The van der Waals surface area contributed by atoms with Crippen molar-refractivity contribution in [1.29, 1.82) is 0 Å². The Balaban J connectivity index is 1.67. The van der Waals surface area contributed by atoms with Crippen LogP contribution in [-0.4, -0.2) is 6.16 Å². The number of carbonyl (C=O) groups excluding carboxylic acids is 1. The summed E-state index contributed by atoms with van der Waals surface area (Å²) in [7, 11) is 0. The zero-order valence-electron chi connectivity index (χ0n) is 14.7. The van der Waals surface area contributed by atoms with Crippen LogP contribution in [0.15, 0.2) is 83.8 Å². The van der Waals surface area contributed by atoms with E-state index in [0.717, 1.165) is 10.5 Å². The maximum atomic E-state index is 11.9. The Labute approximate surface area is 159 Å². The third-order valence-electron chi connectivity index (χ3n) is 4.31. The van der Waals surface area contributed by atoms with Crippen molar-refractivity contribution in [2.45, 2.75) is 24.2 Å². The normalized spacial score (nSPS) is 11.0. The highest BCUT2D eigenvalue weighted by atomic mass is 32.1. The molecular formula is C22H20O3S. The molecule has 0 radical (unpaired) electrons. The van der Waals surface area contributed by atoms with E-state index in [4.69, 9.17) is 9.47 Å². The lowest BCUT2D eigenvalue weighted by Crippen LogP contribution is -2.19. The van der Waals surface area contributed by atoms with Crippen molar-refractivity contribution in [3.05, 3.63) is 90.0 Å². The summed E-state index contributed by atoms with van der Waals surface area (Å²) in [6.07, 6.45) is -0.771. The average molecular weight is 364 g/mol. The van der Waals surface area contributed by atoms with Crippen LogP contribution in [-0.2, 0) is 5.41 Å². The Bertz CT molecular complexity index is 870. The number of hydrogen-bond acceptors (Lipinski definition) is 4. The first-order valence-electron chi connectivity index (χ1n) is 8.30. The molecule has 3 nitrogen and oxygen atoms in total. The molecule has 0 aliphatic carbocycles. The van der Waals surface area contributed by atoms with E-state index in [1.807, 2.05) is 30.3 Å². The third-order valence-corrected chi connectivity index (χ3v) is 4.61. The largest absolute Gasteiger partial charge is 0.519 e. The second kappa shape index (κ2) is 7.67. The van der Waals surface area contributed by atoms with Gasteiger partial charge in [0.2, 0.25) is 0 Å². The third kappa shape index (κ3) is 4.27. The zero-order chi connectivity index (χ0) is 18.6. The van der Waals surface area contributed by atoms with E-state index in [1.54, 1.807) is 36.4 Å². The quantitative estimate of drug-likeness (QED) is 0.357. The molecule has 3 aromatic carbocycles. The van der Waals surface area contributed by atoms with Gasteiger partial charge in [-0.2, -0.15) is 0 Å². The Hall–Kier alpha value is -2.72. The maximum Gasteiger partial charge on any atom is 0.519 e. The van der Waals surface area contributed by atoms with Gasteiger partial charge in [0, 0.05) is 10.3 Å². The highest BCUT2D eigenvalue weighted by Gasteiger charge is 2.22. The zero-order valence-corrected chi connectivity index (χ0v) is 15.6. The average Bonchev–Trinajstić information content (AvgIpc) is 2.65. The first-order valence-corrected chi connectivity index (χ1v) is 8.74. The van der Waals surface area contributed by atoms with Gasteiger partial charge in [-0.15, -0.1) is 12.6 Å². The monoisotopic (exact) mass is 364 g/mol. The summed E-state index contributed by atoms with van der Waals surface area (Å²) in [6, 6.07) is 24.6. The molecule has 132 valence electrons. The minimum atomic E-state index is -0.771. The molecule has 4 heteroatoms.